The molecule has 5 nitrogen and oxygen atoms in total. The standard InChI is InChI=1S/C27H39N3O2/c1-17(2)24(21-12-14-22(15-13-21)27(6,7)8)29-20(5)26(32)28-16-23(31)30-25-18(3)10-9-11-19(25)4/h9-15,17,20,24,29H,16H2,1-8H3,(H,28,32)(H,30,31)/t20-,24-/m0/s1. The third-order valence-electron chi connectivity index (χ3n) is 5.79. The van der Waals surface area contributed by atoms with Gasteiger partial charge in [0.05, 0.1) is 12.6 Å². The maximum Gasteiger partial charge on any atom is 0.243 e. The van der Waals surface area contributed by atoms with E-state index in [9.17, 15) is 9.59 Å². The Morgan fingerprint density at radius 1 is 0.906 bits per heavy atom. The molecule has 32 heavy (non-hydrogen) atoms. The molecule has 0 aliphatic heterocycles. The maximum atomic E-state index is 12.7. The Morgan fingerprint density at radius 2 is 1.47 bits per heavy atom. The van der Waals surface area contributed by atoms with E-state index in [1.807, 2.05) is 39.0 Å². The number of carbonyl (C=O) groups is 2. The van der Waals surface area contributed by atoms with Gasteiger partial charge in [0.25, 0.3) is 0 Å². The summed E-state index contributed by atoms with van der Waals surface area (Å²) in [5.41, 5.74) is 5.33. The molecular formula is C27H39N3O2. The predicted molar refractivity (Wildman–Crippen MR) is 133 cm³/mol. The van der Waals surface area contributed by atoms with Gasteiger partial charge in [0.1, 0.15) is 0 Å². The number of carbonyl (C=O) groups excluding carboxylic acids is 2. The van der Waals surface area contributed by atoms with Crippen LogP contribution in [-0.2, 0) is 15.0 Å². The molecule has 0 aliphatic carbocycles. The number of nitrogens with one attached hydrogen (secondary N) is 3. The number of anilines is 1. The molecule has 0 spiro atoms. The van der Waals surface area contributed by atoms with Crippen LogP contribution in [0.4, 0.5) is 5.69 Å². The molecule has 2 aromatic rings. The molecular weight excluding hydrogens is 398 g/mol. The van der Waals surface area contributed by atoms with Crippen molar-refractivity contribution in [1.82, 2.24) is 10.6 Å². The van der Waals surface area contributed by atoms with Crippen LogP contribution in [0.25, 0.3) is 0 Å². The number of rotatable bonds is 8. The molecule has 0 aliphatic rings. The molecule has 174 valence electrons. The van der Waals surface area contributed by atoms with E-state index in [1.54, 1.807) is 0 Å². The second-order valence-corrected chi connectivity index (χ2v) is 10.0. The number of benzene rings is 2. The van der Waals surface area contributed by atoms with Crippen molar-refractivity contribution in [3.05, 3.63) is 64.7 Å². The van der Waals surface area contributed by atoms with Gasteiger partial charge in [0.2, 0.25) is 11.8 Å². The van der Waals surface area contributed by atoms with E-state index in [1.165, 1.54) is 5.56 Å². The largest absolute Gasteiger partial charge is 0.346 e. The van der Waals surface area contributed by atoms with E-state index in [-0.39, 0.29) is 29.8 Å². The van der Waals surface area contributed by atoms with E-state index < -0.39 is 6.04 Å². The first-order chi connectivity index (χ1) is 14.9. The first-order valence-corrected chi connectivity index (χ1v) is 11.4. The minimum absolute atomic E-state index is 0.0354. The lowest BCUT2D eigenvalue weighted by atomic mass is 9.85. The average Bonchev–Trinajstić information content (AvgIpc) is 2.72. The summed E-state index contributed by atoms with van der Waals surface area (Å²) in [5, 5.41) is 9.09. The van der Waals surface area contributed by atoms with Crippen molar-refractivity contribution >= 4 is 17.5 Å². The molecule has 0 heterocycles. The monoisotopic (exact) mass is 437 g/mol. The van der Waals surface area contributed by atoms with E-state index >= 15 is 0 Å². The summed E-state index contributed by atoms with van der Waals surface area (Å²) in [4.78, 5) is 25.0. The van der Waals surface area contributed by atoms with Crippen LogP contribution in [0.15, 0.2) is 42.5 Å². The van der Waals surface area contributed by atoms with Crippen molar-refractivity contribution in [3.8, 4) is 0 Å². The van der Waals surface area contributed by atoms with E-state index in [2.05, 4.69) is 74.8 Å². The molecule has 5 heteroatoms. The minimum atomic E-state index is -0.433. The Kier molecular flexibility index (Phi) is 8.62. The van der Waals surface area contributed by atoms with Crippen LogP contribution >= 0.6 is 0 Å². The van der Waals surface area contributed by atoms with E-state index in [4.69, 9.17) is 0 Å². The van der Waals surface area contributed by atoms with Crippen LogP contribution in [0.1, 0.15) is 69.8 Å². The van der Waals surface area contributed by atoms with Crippen molar-refractivity contribution in [3.63, 3.8) is 0 Å². The smallest absolute Gasteiger partial charge is 0.243 e. The minimum Gasteiger partial charge on any atom is -0.346 e. The highest BCUT2D eigenvalue weighted by atomic mass is 16.2. The lowest BCUT2D eigenvalue weighted by Crippen LogP contribution is -2.46. The van der Waals surface area contributed by atoms with Crippen molar-refractivity contribution in [2.75, 3.05) is 11.9 Å². The highest BCUT2D eigenvalue weighted by Crippen LogP contribution is 2.27. The molecule has 2 amide bonds. The quantitative estimate of drug-likeness (QED) is 0.542. The normalized spacial score (nSPS) is 13.5. The highest BCUT2D eigenvalue weighted by Gasteiger charge is 2.23. The molecule has 0 radical (unpaired) electrons. The third kappa shape index (κ3) is 6.92. The summed E-state index contributed by atoms with van der Waals surface area (Å²) in [6, 6.07) is 14.1. The Balaban J connectivity index is 1.96. The van der Waals surface area contributed by atoms with Gasteiger partial charge in [-0.25, -0.2) is 0 Å². The lowest BCUT2D eigenvalue weighted by molar-refractivity contribution is -0.125. The van der Waals surface area contributed by atoms with Gasteiger partial charge in [0.15, 0.2) is 0 Å². The first-order valence-electron chi connectivity index (χ1n) is 11.4. The van der Waals surface area contributed by atoms with Gasteiger partial charge in [-0.2, -0.15) is 0 Å². The number of hydrogen-bond acceptors (Lipinski definition) is 3. The van der Waals surface area contributed by atoms with Crippen molar-refractivity contribution in [1.29, 1.82) is 0 Å². The first kappa shape index (κ1) is 25.6. The summed E-state index contributed by atoms with van der Waals surface area (Å²) < 4.78 is 0. The number of amides is 2. The van der Waals surface area contributed by atoms with E-state index in [0.717, 1.165) is 22.4 Å². The summed E-state index contributed by atoms with van der Waals surface area (Å²) in [6.07, 6.45) is 0. The average molecular weight is 438 g/mol. The van der Waals surface area contributed by atoms with Crippen molar-refractivity contribution in [2.24, 2.45) is 5.92 Å². The molecule has 2 atom stereocenters. The van der Waals surface area contributed by atoms with Crippen LogP contribution in [-0.4, -0.2) is 24.4 Å². The number of aryl methyl sites for hydroxylation is 2. The van der Waals surface area contributed by atoms with Crippen LogP contribution in [0, 0.1) is 19.8 Å². The van der Waals surface area contributed by atoms with Crippen LogP contribution in [0.3, 0.4) is 0 Å². The summed E-state index contributed by atoms with van der Waals surface area (Å²) in [5.74, 6) is -0.127. The zero-order valence-corrected chi connectivity index (χ0v) is 20.8. The molecule has 0 saturated carbocycles. The summed E-state index contributed by atoms with van der Waals surface area (Å²) in [6.45, 7) is 16.5. The second kappa shape index (κ2) is 10.8. The molecule has 0 bridgehead atoms. The van der Waals surface area contributed by atoms with E-state index in [0.29, 0.717) is 5.92 Å². The van der Waals surface area contributed by atoms with Gasteiger partial charge in [-0.15, -0.1) is 0 Å². The molecule has 0 aromatic heterocycles. The maximum absolute atomic E-state index is 12.7. The zero-order valence-electron chi connectivity index (χ0n) is 20.8. The van der Waals surface area contributed by atoms with Gasteiger partial charge in [-0.05, 0) is 54.4 Å². The van der Waals surface area contributed by atoms with Crippen LogP contribution < -0.4 is 16.0 Å². The topological polar surface area (TPSA) is 70.2 Å². The van der Waals surface area contributed by atoms with Crippen LogP contribution in [0.5, 0.6) is 0 Å². The molecule has 0 unspecified atom stereocenters. The summed E-state index contributed by atoms with van der Waals surface area (Å²) in [7, 11) is 0. The van der Waals surface area contributed by atoms with Gasteiger partial charge in [-0.3, -0.25) is 14.9 Å². The fraction of sp³-hybridized carbons (Fsp3) is 0.481. The molecule has 2 rings (SSSR count). The molecule has 2 aromatic carbocycles. The van der Waals surface area contributed by atoms with Crippen molar-refractivity contribution in [2.45, 2.75) is 72.9 Å². The Morgan fingerprint density at radius 3 is 1.97 bits per heavy atom. The number of hydrogen-bond donors (Lipinski definition) is 3. The zero-order chi connectivity index (χ0) is 24.1. The number of para-hydroxylation sites is 1. The fourth-order valence-corrected chi connectivity index (χ4v) is 3.72. The molecule has 3 N–H and O–H groups in total. The highest BCUT2D eigenvalue weighted by molar-refractivity contribution is 5.96. The van der Waals surface area contributed by atoms with Gasteiger partial charge >= 0.3 is 0 Å². The predicted octanol–water partition coefficient (Wildman–Crippen LogP) is 5.03. The van der Waals surface area contributed by atoms with Gasteiger partial charge in [-0.1, -0.05) is 77.1 Å². The van der Waals surface area contributed by atoms with Crippen LogP contribution in [0.2, 0.25) is 0 Å². The SMILES string of the molecule is Cc1cccc(C)c1NC(=O)CNC(=O)[C@H](C)N[C@H](c1ccc(C(C)(C)C)cc1)C(C)C. The molecule has 0 saturated heterocycles. The molecule has 0 fully saturated rings. The Bertz CT molecular complexity index is 907. The van der Waals surface area contributed by atoms with Gasteiger partial charge in [0, 0.05) is 11.7 Å². The third-order valence-corrected chi connectivity index (χ3v) is 5.79. The Labute approximate surface area is 193 Å². The van der Waals surface area contributed by atoms with Gasteiger partial charge < -0.3 is 10.6 Å². The summed E-state index contributed by atoms with van der Waals surface area (Å²) >= 11 is 0. The lowest BCUT2D eigenvalue weighted by Gasteiger charge is -2.27. The Hall–Kier alpha value is -2.66. The fourth-order valence-electron chi connectivity index (χ4n) is 3.72. The second-order valence-electron chi connectivity index (χ2n) is 10.0. The van der Waals surface area contributed by atoms with Crippen molar-refractivity contribution < 1.29 is 9.59 Å².